The molecule has 6 heteroatoms. The molecule has 5 aliphatic carbocycles. The number of aromatic nitrogens is 2. The van der Waals surface area contributed by atoms with Crippen molar-refractivity contribution in [2.45, 2.75) is 105 Å². The second-order valence-corrected chi connectivity index (χ2v) is 16.2. The van der Waals surface area contributed by atoms with Gasteiger partial charge in [-0.25, -0.2) is 14.3 Å². The molecule has 0 saturated heterocycles. The standard InChI is InChI=1S/C35H54N2O4/c1-23(20-40-7)24-10-15-35(21-41-30(39)37-19-18-36-22-37)17-16-33(5)25(29(24)35)8-9-27-32(4)13-12-28(38)31(2,3)26(32)11-14-34(27,33)6/h18-19,22,24-29,38H,1,8-17,20-21H2,2-7H3/t24-,25?,26?,27?,28-,29?,32-,33+,34+,35+/m0/s1. The van der Waals surface area contributed by atoms with Crippen LogP contribution in [0.1, 0.15) is 98.8 Å². The SMILES string of the molecule is C=C(COC)[C@@H]1CC[C@]2(COC(=O)n3ccnc3)CC[C@]3(C)C(CCC4[C@@]5(C)CC[C@H](O)C(C)(C)C5CC[C@]43C)C12. The maximum Gasteiger partial charge on any atom is 0.419 e. The Labute approximate surface area is 247 Å². The fourth-order valence-corrected chi connectivity index (χ4v) is 12.4. The van der Waals surface area contributed by atoms with E-state index >= 15 is 0 Å². The molecule has 6 rings (SSSR count). The normalized spacial score (nSPS) is 46.5. The van der Waals surface area contributed by atoms with Gasteiger partial charge in [-0.1, -0.05) is 41.2 Å². The molecule has 41 heavy (non-hydrogen) atoms. The summed E-state index contributed by atoms with van der Waals surface area (Å²) < 4.78 is 13.2. The van der Waals surface area contributed by atoms with E-state index in [1.165, 1.54) is 48.6 Å². The molecule has 0 aliphatic heterocycles. The number of ether oxygens (including phenoxy) is 2. The number of nitrogens with zero attached hydrogens (tertiary/aromatic N) is 2. The van der Waals surface area contributed by atoms with Crippen LogP contribution in [0.3, 0.4) is 0 Å². The summed E-state index contributed by atoms with van der Waals surface area (Å²) in [6.07, 6.45) is 15.8. The predicted molar refractivity (Wildman–Crippen MR) is 160 cm³/mol. The van der Waals surface area contributed by atoms with Crippen LogP contribution in [-0.4, -0.2) is 47.2 Å². The first-order valence-electron chi connectivity index (χ1n) is 16.3. The van der Waals surface area contributed by atoms with Crippen LogP contribution in [0.15, 0.2) is 30.9 Å². The Morgan fingerprint density at radius 3 is 2.46 bits per heavy atom. The molecule has 0 spiro atoms. The van der Waals surface area contributed by atoms with E-state index < -0.39 is 0 Å². The number of hydrogen-bond acceptors (Lipinski definition) is 5. The minimum atomic E-state index is -0.327. The molecule has 1 aromatic heterocycles. The number of fused-ring (bicyclic) bond motifs is 7. The molecule has 10 atom stereocenters. The lowest BCUT2D eigenvalue weighted by Gasteiger charge is -2.73. The van der Waals surface area contributed by atoms with Gasteiger partial charge in [0.05, 0.1) is 19.3 Å². The van der Waals surface area contributed by atoms with Crippen LogP contribution in [0, 0.1) is 56.7 Å². The largest absolute Gasteiger partial charge is 0.448 e. The number of methoxy groups -OCH3 is 1. The lowest BCUT2D eigenvalue weighted by atomic mass is 9.32. The number of carbonyl (C=O) groups excluding carboxylic acids is 1. The number of aliphatic hydroxyl groups excluding tert-OH is 1. The first-order valence-corrected chi connectivity index (χ1v) is 16.3. The molecule has 0 radical (unpaired) electrons. The van der Waals surface area contributed by atoms with Crippen molar-refractivity contribution in [3.63, 3.8) is 0 Å². The highest BCUT2D eigenvalue weighted by atomic mass is 16.5. The van der Waals surface area contributed by atoms with E-state index in [1.807, 2.05) is 0 Å². The second-order valence-electron chi connectivity index (χ2n) is 16.2. The fourth-order valence-electron chi connectivity index (χ4n) is 12.4. The van der Waals surface area contributed by atoms with Gasteiger partial charge in [0, 0.05) is 24.9 Å². The predicted octanol–water partition coefficient (Wildman–Crippen LogP) is 7.51. The molecule has 0 aromatic carbocycles. The summed E-state index contributed by atoms with van der Waals surface area (Å²) in [7, 11) is 1.78. The summed E-state index contributed by atoms with van der Waals surface area (Å²) in [5.41, 5.74) is 1.94. The summed E-state index contributed by atoms with van der Waals surface area (Å²) in [4.78, 5) is 17.0. The Bertz CT molecular complexity index is 1160. The number of rotatable bonds is 5. The Kier molecular flexibility index (Phi) is 7.13. The average molecular weight is 567 g/mol. The summed E-state index contributed by atoms with van der Waals surface area (Å²) in [5, 5.41) is 11.0. The van der Waals surface area contributed by atoms with Gasteiger partial charge < -0.3 is 14.6 Å². The van der Waals surface area contributed by atoms with Crippen molar-refractivity contribution in [1.82, 2.24) is 9.55 Å². The van der Waals surface area contributed by atoms with Gasteiger partial charge in [0.2, 0.25) is 0 Å². The molecular formula is C35H54N2O4. The van der Waals surface area contributed by atoms with Crippen molar-refractivity contribution in [3.05, 3.63) is 30.9 Å². The quantitative estimate of drug-likeness (QED) is 0.373. The zero-order chi connectivity index (χ0) is 29.4. The zero-order valence-corrected chi connectivity index (χ0v) is 26.5. The second kappa shape index (κ2) is 9.94. The fraction of sp³-hybridized carbons (Fsp3) is 0.829. The van der Waals surface area contributed by atoms with Crippen LogP contribution in [0.5, 0.6) is 0 Å². The molecule has 5 saturated carbocycles. The maximum atomic E-state index is 12.9. The smallest absolute Gasteiger partial charge is 0.419 e. The molecule has 0 amide bonds. The topological polar surface area (TPSA) is 73.6 Å². The highest BCUT2D eigenvalue weighted by Crippen LogP contribution is 2.77. The molecule has 1 heterocycles. The summed E-state index contributed by atoms with van der Waals surface area (Å²) in [5.74, 6) is 2.68. The molecule has 0 bridgehead atoms. The van der Waals surface area contributed by atoms with Gasteiger partial charge in [-0.2, -0.15) is 0 Å². The zero-order valence-electron chi connectivity index (χ0n) is 26.5. The average Bonchev–Trinajstić information content (AvgIpc) is 3.60. The van der Waals surface area contributed by atoms with Crippen LogP contribution < -0.4 is 0 Å². The monoisotopic (exact) mass is 566 g/mol. The van der Waals surface area contributed by atoms with Crippen molar-refractivity contribution in [2.24, 2.45) is 56.7 Å². The number of imidazole rings is 1. The summed E-state index contributed by atoms with van der Waals surface area (Å²) in [6, 6.07) is 0. The van der Waals surface area contributed by atoms with Crippen LogP contribution in [0.2, 0.25) is 0 Å². The van der Waals surface area contributed by atoms with Crippen molar-refractivity contribution >= 4 is 6.09 Å². The van der Waals surface area contributed by atoms with E-state index in [1.54, 1.807) is 19.5 Å². The first kappa shape index (κ1) is 29.4. The maximum absolute atomic E-state index is 12.9. The number of aliphatic hydroxyl groups is 1. The highest BCUT2D eigenvalue weighted by Gasteiger charge is 2.71. The number of carbonyl (C=O) groups is 1. The third kappa shape index (κ3) is 4.08. The molecule has 228 valence electrons. The Balaban J connectivity index is 1.34. The third-order valence-electron chi connectivity index (χ3n) is 14.6. The van der Waals surface area contributed by atoms with E-state index in [-0.39, 0.29) is 39.3 Å². The van der Waals surface area contributed by atoms with Crippen LogP contribution in [-0.2, 0) is 9.47 Å². The van der Waals surface area contributed by atoms with Gasteiger partial charge in [-0.05, 0) is 121 Å². The minimum absolute atomic E-state index is 0.0109. The van der Waals surface area contributed by atoms with E-state index in [2.05, 4.69) is 46.2 Å². The van der Waals surface area contributed by atoms with Crippen LogP contribution in [0.25, 0.3) is 0 Å². The van der Waals surface area contributed by atoms with Gasteiger partial charge in [-0.15, -0.1) is 0 Å². The number of hydrogen-bond donors (Lipinski definition) is 1. The molecule has 1 N–H and O–H groups in total. The Morgan fingerprint density at radius 1 is 0.976 bits per heavy atom. The van der Waals surface area contributed by atoms with Gasteiger partial charge in [-0.3, -0.25) is 0 Å². The van der Waals surface area contributed by atoms with E-state index in [0.717, 1.165) is 32.1 Å². The van der Waals surface area contributed by atoms with Crippen molar-refractivity contribution in [3.8, 4) is 0 Å². The summed E-state index contributed by atoms with van der Waals surface area (Å²) >= 11 is 0. The minimum Gasteiger partial charge on any atom is -0.448 e. The highest BCUT2D eigenvalue weighted by molar-refractivity contribution is 5.70. The molecular weight excluding hydrogens is 512 g/mol. The molecule has 1 aromatic rings. The van der Waals surface area contributed by atoms with E-state index in [0.29, 0.717) is 42.8 Å². The van der Waals surface area contributed by atoms with Crippen molar-refractivity contribution in [2.75, 3.05) is 20.3 Å². The van der Waals surface area contributed by atoms with Gasteiger partial charge in [0.25, 0.3) is 0 Å². The Morgan fingerprint density at radius 2 is 1.76 bits per heavy atom. The lowest BCUT2D eigenvalue weighted by Crippen LogP contribution is -2.66. The molecule has 5 fully saturated rings. The first-order chi connectivity index (χ1) is 19.3. The third-order valence-corrected chi connectivity index (χ3v) is 14.6. The lowest BCUT2D eigenvalue weighted by molar-refractivity contribution is -0.249. The Hall–Kier alpha value is -1.66. The van der Waals surface area contributed by atoms with Crippen LogP contribution >= 0.6 is 0 Å². The molecule has 5 aliphatic rings. The van der Waals surface area contributed by atoms with Crippen LogP contribution in [0.4, 0.5) is 4.79 Å². The van der Waals surface area contributed by atoms with E-state index in [9.17, 15) is 9.90 Å². The van der Waals surface area contributed by atoms with E-state index in [4.69, 9.17) is 9.47 Å². The van der Waals surface area contributed by atoms with Crippen molar-refractivity contribution in [1.29, 1.82) is 0 Å². The van der Waals surface area contributed by atoms with Crippen molar-refractivity contribution < 1.29 is 19.4 Å². The molecule has 4 unspecified atom stereocenters. The van der Waals surface area contributed by atoms with Gasteiger partial charge in [0.15, 0.2) is 0 Å². The van der Waals surface area contributed by atoms with Gasteiger partial charge in [0.1, 0.15) is 6.33 Å². The summed E-state index contributed by atoms with van der Waals surface area (Å²) in [6.45, 7) is 18.2. The van der Waals surface area contributed by atoms with Gasteiger partial charge >= 0.3 is 6.09 Å². The molecule has 6 nitrogen and oxygen atoms in total.